The van der Waals surface area contributed by atoms with Gasteiger partial charge < -0.3 is 19.9 Å². The lowest BCUT2D eigenvalue weighted by Gasteiger charge is -2.26. The Morgan fingerprint density at radius 2 is 1.88 bits per heavy atom. The van der Waals surface area contributed by atoms with Crippen molar-refractivity contribution >= 4 is 17.7 Å². The summed E-state index contributed by atoms with van der Waals surface area (Å²) >= 11 is 1.63. The number of nitrogens with one attached hydrogen (secondary N) is 1. The Bertz CT molecular complexity index is 581. The van der Waals surface area contributed by atoms with Crippen LogP contribution < -0.4 is 14.8 Å². The van der Waals surface area contributed by atoms with Gasteiger partial charge in [0.25, 0.3) is 0 Å². The molecule has 0 bridgehead atoms. The number of carbonyl (C=O) groups excluding carboxylic acids is 1. The lowest BCUT2D eigenvalue weighted by atomic mass is 9.94. The van der Waals surface area contributed by atoms with Gasteiger partial charge in [-0.2, -0.15) is 0 Å². The molecule has 1 saturated carbocycles. The summed E-state index contributed by atoms with van der Waals surface area (Å²) in [6.45, 7) is 1.17. The number of aliphatic hydroxyl groups is 1. The minimum Gasteiger partial charge on any atom is -0.486 e. The van der Waals surface area contributed by atoms with E-state index in [0.717, 1.165) is 42.1 Å². The first kappa shape index (κ1) is 18.4. The normalized spacial score (nSPS) is 23.4. The van der Waals surface area contributed by atoms with Crippen molar-refractivity contribution in [2.45, 2.75) is 62.0 Å². The minimum absolute atomic E-state index is 0.0228. The number of hydrogen-bond donors (Lipinski definition) is 2. The predicted octanol–water partition coefficient (Wildman–Crippen LogP) is 3.14. The van der Waals surface area contributed by atoms with Gasteiger partial charge in [0, 0.05) is 17.1 Å². The summed E-state index contributed by atoms with van der Waals surface area (Å²) in [5.74, 6) is 2.29. The van der Waals surface area contributed by atoms with E-state index in [9.17, 15) is 9.90 Å². The number of thioether (sulfide) groups is 1. The van der Waals surface area contributed by atoms with Crippen LogP contribution in [0.4, 0.5) is 0 Å². The Morgan fingerprint density at radius 3 is 2.72 bits per heavy atom. The second kappa shape index (κ2) is 9.34. The Kier molecular flexibility index (Phi) is 6.87. The lowest BCUT2D eigenvalue weighted by Crippen LogP contribution is -2.43. The van der Waals surface area contributed by atoms with Crippen molar-refractivity contribution in [3.63, 3.8) is 0 Å². The average molecular weight is 365 g/mol. The zero-order valence-corrected chi connectivity index (χ0v) is 15.4. The summed E-state index contributed by atoms with van der Waals surface area (Å²) in [5, 5.41) is 13.2. The van der Waals surface area contributed by atoms with Gasteiger partial charge >= 0.3 is 0 Å². The minimum atomic E-state index is -0.408. The van der Waals surface area contributed by atoms with E-state index in [4.69, 9.17) is 9.47 Å². The monoisotopic (exact) mass is 365 g/mol. The van der Waals surface area contributed by atoms with Gasteiger partial charge in [-0.05, 0) is 31.0 Å². The van der Waals surface area contributed by atoms with Crippen LogP contribution in [0, 0.1) is 0 Å². The third-order valence-electron chi connectivity index (χ3n) is 4.69. The molecule has 1 aliphatic carbocycles. The molecule has 0 spiro atoms. The summed E-state index contributed by atoms with van der Waals surface area (Å²) in [7, 11) is 0. The van der Waals surface area contributed by atoms with Crippen molar-refractivity contribution in [1.29, 1.82) is 0 Å². The highest BCUT2D eigenvalue weighted by atomic mass is 32.2. The number of rotatable bonds is 5. The molecule has 6 heteroatoms. The highest BCUT2D eigenvalue weighted by molar-refractivity contribution is 7.99. The van der Waals surface area contributed by atoms with Gasteiger partial charge in [-0.3, -0.25) is 4.79 Å². The zero-order chi connectivity index (χ0) is 17.5. The lowest BCUT2D eigenvalue weighted by molar-refractivity contribution is -0.122. The molecule has 1 aromatic rings. The molecule has 0 unspecified atom stereocenters. The largest absolute Gasteiger partial charge is 0.486 e. The van der Waals surface area contributed by atoms with E-state index < -0.39 is 6.10 Å². The van der Waals surface area contributed by atoms with Gasteiger partial charge in [0.1, 0.15) is 13.2 Å². The number of ether oxygens (including phenoxy) is 2. The Balaban J connectivity index is 1.42. The topological polar surface area (TPSA) is 67.8 Å². The van der Waals surface area contributed by atoms with E-state index in [0.29, 0.717) is 25.4 Å². The fourth-order valence-electron chi connectivity index (χ4n) is 3.29. The van der Waals surface area contributed by atoms with Gasteiger partial charge in [-0.15, -0.1) is 11.8 Å². The highest BCUT2D eigenvalue weighted by Gasteiger charge is 2.22. The van der Waals surface area contributed by atoms with E-state index in [-0.39, 0.29) is 11.9 Å². The first-order valence-corrected chi connectivity index (χ1v) is 10.2. The highest BCUT2D eigenvalue weighted by Crippen LogP contribution is 2.34. The molecule has 1 aromatic carbocycles. The van der Waals surface area contributed by atoms with Crippen LogP contribution in [0.15, 0.2) is 23.1 Å². The second-order valence-electron chi connectivity index (χ2n) is 6.64. The second-order valence-corrected chi connectivity index (χ2v) is 7.81. The number of benzene rings is 1. The van der Waals surface area contributed by atoms with Crippen molar-refractivity contribution in [3.05, 3.63) is 18.2 Å². The predicted molar refractivity (Wildman–Crippen MR) is 98.4 cm³/mol. The molecule has 25 heavy (non-hydrogen) atoms. The third-order valence-corrected chi connectivity index (χ3v) is 5.68. The molecule has 0 radical (unpaired) electrons. The standard InChI is InChI=1S/C19H27NO4S/c21-16-6-4-2-1-3-5-15(16)20-19(22)9-12-25-14-7-8-17-18(13-14)24-11-10-23-17/h7-8,13,15-16,21H,1-6,9-12H2,(H,20,22)/t15-,16-/m0/s1. The average Bonchev–Trinajstić information content (AvgIpc) is 2.61. The number of fused-ring (bicyclic) bond motifs is 1. The van der Waals surface area contributed by atoms with Gasteiger partial charge in [-0.25, -0.2) is 0 Å². The van der Waals surface area contributed by atoms with Gasteiger partial charge in [0.15, 0.2) is 11.5 Å². The maximum atomic E-state index is 12.2. The van der Waals surface area contributed by atoms with Crippen molar-refractivity contribution in [2.75, 3.05) is 19.0 Å². The first-order valence-electron chi connectivity index (χ1n) is 9.22. The quantitative estimate of drug-likeness (QED) is 0.785. The Hall–Kier alpha value is -1.40. The number of aliphatic hydroxyl groups excluding tert-OH is 1. The van der Waals surface area contributed by atoms with Crippen LogP contribution in [0.2, 0.25) is 0 Å². The molecule has 5 nitrogen and oxygen atoms in total. The fourth-order valence-corrected chi connectivity index (χ4v) is 4.17. The van der Waals surface area contributed by atoms with Crippen LogP contribution in [-0.4, -0.2) is 42.1 Å². The van der Waals surface area contributed by atoms with E-state index in [2.05, 4.69) is 5.32 Å². The number of hydrogen-bond acceptors (Lipinski definition) is 5. The molecule has 1 aliphatic heterocycles. The Morgan fingerprint density at radius 1 is 1.12 bits per heavy atom. The summed E-state index contributed by atoms with van der Waals surface area (Å²) in [6, 6.07) is 5.79. The van der Waals surface area contributed by atoms with E-state index in [1.165, 1.54) is 12.8 Å². The summed E-state index contributed by atoms with van der Waals surface area (Å²) in [5.41, 5.74) is 0. The van der Waals surface area contributed by atoms with Crippen LogP contribution in [0.3, 0.4) is 0 Å². The van der Waals surface area contributed by atoms with Gasteiger partial charge in [-0.1, -0.05) is 25.7 Å². The maximum absolute atomic E-state index is 12.2. The van der Waals surface area contributed by atoms with Crippen molar-refractivity contribution < 1.29 is 19.4 Å². The van der Waals surface area contributed by atoms with Crippen molar-refractivity contribution in [3.8, 4) is 11.5 Å². The smallest absolute Gasteiger partial charge is 0.221 e. The first-order chi connectivity index (χ1) is 12.2. The van der Waals surface area contributed by atoms with Crippen molar-refractivity contribution in [2.24, 2.45) is 0 Å². The third kappa shape index (κ3) is 5.54. The molecular weight excluding hydrogens is 338 g/mol. The summed E-state index contributed by atoms with van der Waals surface area (Å²) in [4.78, 5) is 13.3. The van der Waals surface area contributed by atoms with Crippen molar-refractivity contribution in [1.82, 2.24) is 5.32 Å². The van der Waals surface area contributed by atoms with Crippen LogP contribution in [0.1, 0.15) is 44.9 Å². The van der Waals surface area contributed by atoms with Crippen LogP contribution in [-0.2, 0) is 4.79 Å². The summed E-state index contributed by atoms with van der Waals surface area (Å²) in [6.07, 6.45) is 6.21. The molecular formula is C19H27NO4S. The zero-order valence-electron chi connectivity index (χ0n) is 14.5. The molecule has 2 N–H and O–H groups in total. The fraction of sp³-hybridized carbons (Fsp3) is 0.632. The van der Waals surface area contributed by atoms with Crippen LogP contribution >= 0.6 is 11.8 Å². The maximum Gasteiger partial charge on any atom is 0.221 e. The molecule has 2 aliphatic rings. The summed E-state index contributed by atoms with van der Waals surface area (Å²) < 4.78 is 11.1. The van der Waals surface area contributed by atoms with Crippen LogP contribution in [0.5, 0.6) is 11.5 Å². The molecule has 0 saturated heterocycles. The molecule has 3 rings (SSSR count). The Labute approximate surface area is 153 Å². The van der Waals surface area contributed by atoms with Gasteiger partial charge in [0.2, 0.25) is 5.91 Å². The van der Waals surface area contributed by atoms with E-state index in [1.54, 1.807) is 11.8 Å². The number of carbonyl (C=O) groups is 1. The van der Waals surface area contributed by atoms with E-state index in [1.807, 2.05) is 18.2 Å². The van der Waals surface area contributed by atoms with Gasteiger partial charge in [0.05, 0.1) is 12.1 Å². The molecule has 1 heterocycles. The van der Waals surface area contributed by atoms with Crippen LogP contribution in [0.25, 0.3) is 0 Å². The molecule has 2 atom stereocenters. The van der Waals surface area contributed by atoms with E-state index >= 15 is 0 Å². The molecule has 1 fully saturated rings. The molecule has 138 valence electrons. The number of amides is 1. The molecule has 0 aromatic heterocycles. The SMILES string of the molecule is O=C(CCSc1ccc2c(c1)OCCO2)N[C@H]1CCCCCC[C@@H]1O. The molecule has 1 amide bonds.